The van der Waals surface area contributed by atoms with Gasteiger partial charge in [-0.25, -0.2) is 13.2 Å². The van der Waals surface area contributed by atoms with Gasteiger partial charge in [-0.2, -0.15) is 15.0 Å². The molecule has 320 valence electrons. The van der Waals surface area contributed by atoms with E-state index in [9.17, 15) is 27.6 Å². The highest BCUT2D eigenvalue weighted by atomic mass is 32.2. The van der Waals surface area contributed by atoms with Gasteiger partial charge in [0.1, 0.15) is 40.4 Å². The van der Waals surface area contributed by atoms with E-state index in [1.807, 2.05) is 68.5 Å². The minimum Gasteiger partial charge on any atom is -0.496 e. The van der Waals surface area contributed by atoms with E-state index in [2.05, 4.69) is 28.0 Å². The average molecular weight is 842 g/mol. The van der Waals surface area contributed by atoms with Gasteiger partial charge in [-0.3, -0.25) is 19.1 Å². The minimum absolute atomic E-state index is 0.0124. The number of nitrogens with one attached hydrogen (secondary N) is 3. The molecule has 60 heavy (non-hydrogen) atoms. The van der Waals surface area contributed by atoms with Crippen molar-refractivity contribution in [3.63, 3.8) is 0 Å². The van der Waals surface area contributed by atoms with Crippen LogP contribution in [0.4, 0.5) is 4.79 Å². The second-order valence-electron chi connectivity index (χ2n) is 17.3. The number of carbonyl (C=O) groups is 4. The molecule has 4 amide bonds. The van der Waals surface area contributed by atoms with Crippen molar-refractivity contribution >= 4 is 39.9 Å². The first-order valence-electron chi connectivity index (χ1n) is 20.7. The number of allylic oxidation sites excluding steroid dienone is 1. The third-order valence-corrected chi connectivity index (χ3v) is 13.7. The topological polar surface area (TPSA) is 191 Å². The number of hydrogen-bond donors (Lipinski definition) is 3. The second-order valence-corrected chi connectivity index (χ2v) is 19.2. The Labute approximate surface area is 351 Å². The molecule has 0 unspecified atom stereocenters. The van der Waals surface area contributed by atoms with Gasteiger partial charge in [-0.1, -0.05) is 62.4 Å². The lowest BCUT2D eigenvalue weighted by Crippen LogP contribution is -2.59. The quantitative estimate of drug-likeness (QED) is 0.231. The van der Waals surface area contributed by atoms with Crippen molar-refractivity contribution < 1.29 is 37.1 Å². The van der Waals surface area contributed by atoms with Gasteiger partial charge in [-0.05, 0) is 82.9 Å². The van der Waals surface area contributed by atoms with E-state index >= 15 is 0 Å². The van der Waals surface area contributed by atoms with Gasteiger partial charge in [0, 0.05) is 35.6 Å². The van der Waals surface area contributed by atoms with Crippen LogP contribution in [-0.2, 0) is 29.1 Å². The molecule has 0 spiro atoms. The van der Waals surface area contributed by atoms with Crippen molar-refractivity contribution in [3.05, 3.63) is 72.8 Å². The fourth-order valence-corrected chi connectivity index (χ4v) is 9.51. The van der Waals surface area contributed by atoms with Gasteiger partial charge in [0.2, 0.25) is 21.8 Å². The van der Waals surface area contributed by atoms with Crippen molar-refractivity contribution in [2.24, 2.45) is 11.8 Å². The molecule has 3 N–H and O–H groups in total. The van der Waals surface area contributed by atoms with Gasteiger partial charge < -0.3 is 25.0 Å². The number of carbonyl (C=O) groups excluding carboxylic acids is 4. The number of fused-ring (bicyclic) bond motifs is 8. The van der Waals surface area contributed by atoms with E-state index in [1.165, 1.54) is 15.8 Å². The minimum atomic E-state index is -3.92. The van der Waals surface area contributed by atoms with E-state index in [-0.39, 0.29) is 19.4 Å². The lowest BCUT2D eigenvalue weighted by Gasteiger charge is -2.32. The Morgan fingerprint density at radius 2 is 1.77 bits per heavy atom. The summed E-state index contributed by atoms with van der Waals surface area (Å²) in [6.45, 7) is 11.0. The Hall–Kier alpha value is -5.51. The first kappa shape index (κ1) is 42.6. The third-order valence-electron chi connectivity index (χ3n) is 11.9. The molecule has 2 saturated carbocycles. The van der Waals surface area contributed by atoms with E-state index in [1.54, 1.807) is 21.0 Å². The Bertz CT molecular complexity index is 2290. The van der Waals surface area contributed by atoms with E-state index in [0.717, 1.165) is 36.0 Å². The number of methoxy groups -OCH3 is 1. The van der Waals surface area contributed by atoms with Gasteiger partial charge >= 0.3 is 6.09 Å². The Morgan fingerprint density at radius 1 is 1.05 bits per heavy atom. The van der Waals surface area contributed by atoms with Crippen molar-refractivity contribution in [1.29, 1.82) is 0 Å². The molecule has 3 heterocycles. The number of benzene rings is 2. The molecule has 2 aromatic carbocycles. The molecule has 2 aliphatic carbocycles. The molecular formula is C44H55N7O8S. The molecule has 4 aliphatic rings. The second kappa shape index (κ2) is 16.9. The summed E-state index contributed by atoms with van der Waals surface area (Å²) in [5.41, 5.74) is 1.22. The number of sulfonamides is 1. The number of nitrogens with zero attached hydrogens (tertiary/aromatic N) is 4. The van der Waals surface area contributed by atoms with Crippen LogP contribution in [0.1, 0.15) is 90.7 Å². The van der Waals surface area contributed by atoms with E-state index in [0.29, 0.717) is 36.4 Å². The molecule has 7 rings (SSSR count). The molecule has 1 aromatic heterocycles. The lowest BCUT2D eigenvalue weighted by molar-refractivity contribution is -0.141. The summed E-state index contributed by atoms with van der Waals surface area (Å²) in [5.74, 6) is -2.28. The van der Waals surface area contributed by atoms with Crippen LogP contribution >= 0.6 is 0 Å². The van der Waals surface area contributed by atoms with Crippen LogP contribution < -0.4 is 20.1 Å². The summed E-state index contributed by atoms with van der Waals surface area (Å²) in [6.07, 6.45) is 8.97. The SMILES string of the molecule is C=C[C@@H]1C[C@]1(NC(=O)[C@@H]1C[C@@H]2CN1C(=O)[C@H](C(C)C)NC(=O)OC(C)(C)CCCC/C=C/c1cc(ccc1OC)-c1nn2nc1-c1ccccc1)C(=O)NS(=O)(=O)C1CC1. The fourth-order valence-electron chi connectivity index (χ4n) is 8.15. The number of rotatable bonds is 9. The predicted octanol–water partition coefficient (Wildman–Crippen LogP) is 5.55. The Morgan fingerprint density at radius 3 is 2.42 bits per heavy atom. The van der Waals surface area contributed by atoms with Crippen LogP contribution in [0.15, 0.2) is 67.3 Å². The zero-order chi connectivity index (χ0) is 43.0. The van der Waals surface area contributed by atoms with Crippen molar-refractivity contribution in [2.45, 2.75) is 114 Å². The predicted molar refractivity (Wildman–Crippen MR) is 226 cm³/mol. The standard InChI is InChI=1S/C44H55N7O8S/c1-7-31-25-44(31,41(54)49-60(56,57)33-19-20-33)46-39(52)34-24-32-26-50(34)40(53)36(27(2)3)45-42(55)59-43(4,5)22-14-9-8-11-17-29-23-30(18-21-35(29)58-6)38-37(47-51(32)48-38)28-15-12-10-13-16-28/h7,10-13,15-18,21,23,27,31-34,36H,1,8-9,14,19-20,22,24-26H2,2-6H3,(H,45,55)(H,46,52)(H,49,54)/b17-11+/t31-,32-,34+,36+,44-/m1/s1. The summed E-state index contributed by atoms with van der Waals surface area (Å²) in [7, 11) is -2.30. The first-order chi connectivity index (χ1) is 28.6. The molecule has 1 saturated heterocycles. The number of alkyl carbamates (subject to hydrolysis) is 1. The monoisotopic (exact) mass is 841 g/mol. The van der Waals surface area contributed by atoms with Crippen molar-refractivity contribution in [3.8, 4) is 28.3 Å². The van der Waals surface area contributed by atoms with Gasteiger partial charge in [-0.15, -0.1) is 6.58 Å². The van der Waals surface area contributed by atoms with Gasteiger partial charge in [0.05, 0.1) is 18.4 Å². The van der Waals surface area contributed by atoms with E-state index < -0.39 is 80.2 Å². The number of aromatic nitrogens is 3. The molecule has 16 heteroatoms. The maximum atomic E-state index is 14.7. The molecule has 5 atom stereocenters. The number of ether oxygens (including phenoxy) is 2. The highest BCUT2D eigenvalue weighted by molar-refractivity contribution is 7.91. The highest BCUT2D eigenvalue weighted by Crippen LogP contribution is 2.46. The van der Waals surface area contributed by atoms with Gasteiger partial charge in [0.15, 0.2) is 0 Å². The average Bonchev–Trinajstić information content (AvgIpc) is 4.10. The van der Waals surface area contributed by atoms with Crippen LogP contribution in [0.2, 0.25) is 0 Å². The van der Waals surface area contributed by atoms with Crippen LogP contribution in [0, 0.1) is 11.8 Å². The zero-order valence-electron chi connectivity index (χ0n) is 34.8. The van der Waals surface area contributed by atoms with Crippen molar-refractivity contribution in [2.75, 3.05) is 13.7 Å². The maximum absolute atomic E-state index is 14.7. The molecule has 3 fully saturated rings. The summed E-state index contributed by atoms with van der Waals surface area (Å²) in [4.78, 5) is 59.4. The Balaban J connectivity index is 1.29. The maximum Gasteiger partial charge on any atom is 0.408 e. The lowest BCUT2D eigenvalue weighted by atomic mass is 9.99. The Kier molecular flexibility index (Phi) is 12.0. The molecule has 0 radical (unpaired) electrons. The highest BCUT2D eigenvalue weighted by Gasteiger charge is 2.62. The summed E-state index contributed by atoms with van der Waals surface area (Å²) >= 11 is 0. The fraction of sp³-hybridized carbons (Fsp3) is 0.500. The summed E-state index contributed by atoms with van der Waals surface area (Å²) in [6, 6.07) is 12.6. The molecule has 2 aliphatic heterocycles. The summed E-state index contributed by atoms with van der Waals surface area (Å²) < 4.78 is 39.4. The number of hydrogen-bond acceptors (Lipinski definition) is 10. The molecular weight excluding hydrogens is 787 g/mol. The van der Waals surface area contributed by atoms with E-state index in [4.69, 9.17) is 19.7 Å². The smallest absolute Gasteiger partial charge is 0.408 e. The molecule has 3 aromatic rings. The third kappa shape index (κ3) is 8.98. The van der Waals surface area contributed by atoms with Crippen LogP contribution in [0.25, 0.3) is 28.6 Å². The first-order valence-corrected chi connectivity index (χ1v) is 22.3. The normalized spacial score (nSPS) is 26.2. The summed E-state index contributed by atoms with van der Waals surface area (Å²) in [5, 5.41) is 15.0. The van der Waals surface area contributed by atoms with Gasteiger partial charge in [0.25, 0.3) is 5.91 Å². The van der Waals surface area contributed by atoms with Crippen molar-refractivity contribution in [1.82, 2.24) is 35.2 Å². The van der Waals surface area contributed by atoms with Crippen LogP contribution in [0.3, 0.4) is 0 Å². The number of amides is 4. The zero-order valence-corrected chi connectivity index (χ0v) is 35.7. The molecule has 15 nitrogen and oxygen atoms in total. The number of cyclic esters (lactones) is 1. The molecule has 6 bridgehead atoms. The van der Waals surface area contributed by atoms with Crippen LogP contribution in [-0.4, -0.2) is 94.3 Å². The van der Waals surface area contributed by atoms with Crippen LogP contribution in [0.5, 0.6) is 5.75 Å². The largest absolute Gasteiger partial charge is 0.496 e.